The third-order valence-electron chi connectivity index (χ3n) is 5.21. The number of aromatic nitrogens is 4. The van der Waals surface area contributed by atoms with Gasteiger partial charge in [-0.25, -0.2) is 24.1 Å². The molecule has 0 aromatic carbocycles. The van der Waals surface area contributed by atoms with E-state index in [1.807, 2.05) is 0 Å². The molecule has 0 bridgehead atoms. The van der Waals surface area contributed by atoms with Crippen molar-refractivity contribution < 1.29 is 23.5 Å². The van der Waals surface area contributed by atoms with Crippen LogP contribution in [0.3, 0.4) is 0 Å². The number of hydrogen-bond donors (Lipinski definition) is 2. The first-order valence-electron chi connectivity index (χ1n) is 10.6. The van der Waals surface area contributed by atoms with Gasteiger partial charge in [-0.1, -0.05) is 34.5 Å². The van der Waals surface area contributed by atoms with Crippen LogP contribution in [0.5, 0.6) is 5.06 Å². The Bertz CT molecular complexity index is 1220. The summed E-state index contributed by atoms with van der Waals surface area (Å²) in [5.74, 6) is -0.279. The van der Waals surface area contributed by atoms with Gasteiger partial charge in [0.25, 0.3) is 5.91 Å². The van der Waals surface area contributed by atoms with Crippen LogP contribution in [0.25, 0.3) is 11.5 Å². The normalized spacial score (nSPS) is 17.8. The van der Waals surface area contributed by atoms with Gasteiger partial charge in [-0.05, 0) is 26.3 Å². The van der Waals surface area contributed by atoms with Crippen molar-refractivity contribution in [3.05, 3.63) is 39.9 Å². The number of H-pyrrole nitrogens is 1. The summed E-state index contributed by atoms with van der Waals surface area (Å²) in [6, 6.07) is 0.912. The molecule has 0 radical (unpaired) electrons. The van der Waals surface area contributed by atoms with Crippen LogP contribution in [-0.2, 0) is 4.74 Å². The molecule has 14 heteroatoms. The standard InChI is InChI=1S/C21H21Cl2FN6O4S/c1-3-33-21(32)34-19-16(17-25-6-4-7-26-17)29-20(35-19)30-8-5-12(11(24)9-30)28-18(31)15-14(23)13(22)10(2)27-15/h4,6-7,11-12,27H,3,5,8-9H2,1-2H3,(H,28,31)/t11-,12+/m0/s1. The zero-order chi connectivity index (χ0) is 25.1. The molecule has 3 aromatic heterocycles. The van der Waals surface area contributed by atoms with Gasteiger partial charge in [0.05, 0.1) is 29.2 Å². The van der Waals surface area contributed by atoms with Crippen molar-refractivity contribution in [1.82, 2.24) is 25.3 Å². The smallest absolute Gasteiger partial charge is 0.434 e. The van der Waals surface area contributed by atoms with E-state index < -0.39 is 24.3 Å². The highest BCUT2D eigenvalue weighted by atomic mass is 35.5. The molecular formula is C21H21Cl2FN6O4S. The Hall–Kier alpha value is -2.96. The number of amides is 1. The lowest BCUT2D eigenvalue weighted by Crippen LogP contribution is -2.52. The molecule has 10 nitrogen and oxygen atoms in total. The van der Waals surface area contributed by atoms with Gasteiger partial charge in [0, 0.05) is 24.6 Å². The van der Waals surface area contributed by atoms with Crippen molar-refractivity contribution in [3.63, 3.8) is 0 Å². The molecule has 4 rings (SSSR count). The summed E-state index contributed by atoms with van der Waals surface area (Å²) in [5, 5.41) is 3.61. The monoisotopic (exact) mass is 542 g/mol. The second-order valence-corrected chi connectivity index (χ2v) is 9.27. The Kier molecular flexibility index (Phi) is 7.72. The van der Waals surface area contributed by atoms with Crippen LogP contribution < -0.4 is 15.0 Å². The van der Waals surface area contributed by atoms with Gasteiger partial charge in [-0.15, -0.1) is 0 Å². The van der Waals surface area contributed by atoms with Crippen LogP contribution in [0, 0.1) is 6.92 Å². The number of nitrogens with one attached hydrogen (secondary N) is 2. The van der Waals surface area contributed by atoms with Crippen LogP contribution in [0.1, 0.15) is 29.5 Å². The first-order chi connectivity index (χ1) is 16.8. The zero-order valence-corrected chi connectivity index (χ0v) is 21.0. The van der Waals surface area contributed by atoms with E-state index in [2.05, 4.69) is 25.3 Å². The minimum absolute atomic E-state index is 0.0371. The molecule has 1 fully saturated rings. The maximum atomic E-state index is 15.1. The predicted octanol–water partition coefficient (Wildman–Crippen LogP) is 4.43. The quantitative estimate of drug-likeness (QED) is 0.438. The number of anilines is 1. The van der Waals surface area contributed by atoms with Crippen molar-refractivity contribution in [2.24, 2.45) is 0 Å². The molecule has 1 amide bonds. The highest BCUT2D eigenvalue weighted by Gasteiger charge is 2.34. The maximum Gasteiger partial charge on any atom is 0.514 e. The Morgan fingerprint density at radius 2 is 2.06 bits per heavy atom. The van der Waals surface area contributed by atoms with E-state index in [0.29, 0.717) is 23.8 Å². The molecule has 0 unspecified atom stereocenters. The van der Waals surface area contributed by atoms with Crippen LogP contribution >= 0.6 is 34.5 Å². The Labute approximate surface area is 213 Å². The molecule has 0 saturated carbocycles. The van der Waals surface area contributed by atoms with Gasteiger partial charge in [-0.3, -0.25) is 4.79 Å². The first kappa shape index (κ1) is 25.1. The Morgan fingerprint density at radius 3 is 2.69 bits per heavy atom. The number of hydrogen-bond acceptors (Lipinski definition) is 9. The minimum Gasteiger partial charge on any atom is -0.434 e. The molecule has 4 heterocycles. The molecule has 1 saturated heterocycles. The fourth-order valence-electron chi connectivity index (χ4n) is 3.50. The summed E-state index contributed by atoms with van der Waals surface area (Å²) in [6.07, 6.45) is 1.09. The van der Waals surface area contributed by atoms with Gasteiger partial charge in [0.1, 0.15) is 11.9 Å². The van der Waals surface area contributed by atoms with Crippen molar-refractivity contribution in [1.29, 1.82) is 0 Å². The highest BCUT2D eigenvalue weighted by molar-refractivity contribution is 7.18. The molecule has 0 spiro atoms. The molecule has 35 heavy (non-hydrogen) atoms. The van der Waals surface area contributed by atoms with Crippen LogP contribution in [0.15, 0.2) is 18.5 Å². The van der Waals surface area contributed by atoms with Crippen LogP contribution in [0.4, 0.5) is 14.3 Å². The van der Waals surface area contributed by atoms with Gasteiger partial charge in [0.2, 0.25) is 5.06 Å². The zero-order valence-electron chi connectivity index (χ0n) is 18.7. The van der Waals surface area contributed by atoms with E-state index in [9.17, 15) is 9.59 Å². The third-order valence-corrected chi connectivity index (χ3v) is 7.15. The largest absolute Gasteiger partial charge is 0.514 e. The molecule has 2 atom stereocenters. The summed E-state index contributed by atoms with van der Waals surface area (Å²) < 4.78 is 25.3. The first-order valence-corrected chi connectivity index (χ1v) is 12.2. The van der Waals surface area contributed by atoms with E-state index in [-0.39, 0.29) is 45.5 Å². The molecule has 2 N–H and O–H groups in total. The molecule has 1 aliphatic heterocycles. The average Bonchev–Trinajstić information content (AvgIpc) is 3.37. The molecule has 1 aliphatic rings. The molecular weight excluding hydrogens is 522 g/mol. The highest BCUT2D eigenvalue weighted by Crippen LogP contribution is 2.39. The van der Waals surface area contributed by atoms with Gasteiger partial charge in [-0.2, -0.15) is 0 Å². The van der Waals surface area contributed by atoms with E-state index >= 15 is 4.39 Å². The molecule has 3 aromatic rings. The lowest BCUT2D eigenvalue weighted by atomic mass is 10.0. The number of alkyl halides is 1. The number of nitrogens with zero attached hydrogens (tertiary/aromatic N) is 4. The Morgan fingerprint density at radius 1 is 1.31 bits per heavy atom. The lowest BCUT2D eigenvalue weighted by molar-refractivity contribution is 0.0893. The number of ether oxygens (including phenoxy) is 2. The van der Waals surface area contributed by atoms with Gasteiger partial charge < -0.3 is 24.7 Å². The average molecular weight is 543 g/mol. The van der Waals surface area contributed by atoms with Crippen LogP contribution in [0.2, 0.25) is 10.0 Å². The van der Waals surface area contributed by atoms with Gasteiger partial charge >= 0.3 is 6.16 Å². The van der Waals surface area contributed by atoms with Crippen molar-refractivity contribution in [2.45, 2.75) is 32.5 Å². The summed E-state index contributed by atoms with van der Waals surface area (Å²) in [7, 11) is 0. The minimum atomic E-state index is -1.40. The second kappa shape index (κ2) is 10.8. The fourth-order valence-corrected chi connectivity index (χ4v) is 4.85. The molecule has 0 aliphatic carbocycles. The van der Waals surface area contributed by atoms with Crippen molar-refractivity contribution >= 4 is 51.7 Å². The molecule has 186 valence electrons. The van der Waals surface area contributed by atoms with E-state index in [1.165, 1.54) is 12.4 Å². The van der Waals surface area contributed by atoms with E-state index in [1.54, 1.807) is 24.8 Å². The summed E-state index contributed by atoms with van der Waals surface area (Å²) in [5.41, 5.74) is 0.895. The second-order valence-electron chi connectivity index (χ2n) is 7.57. The van der Waals surface area contributed by atoms with Gasteiger partial charge in [0.15, 0.2) is 16.6 Å². The lowest BCUT2D eigenvalue weighted by Gasteiger charge is -2.34. The number of rotatable bonds is 6. The summed E-state index contributed by atoms with van der Waals surface area (Å²) >= 11 is 13.2. The summed E-state index contributed by atoms with van der Waals surface area (Å²) in [4.78, 5) is 41.9. The summed E-state index contributed by atoms with van der Waals surface area (Å²) in [6.45, 7) is 3.84. The third kappa shape index (κ3) is 5.49. The van der Waals surface area contributed by atoms with Crippen LogP contribution in [-0.4, -0.2) is 63.9 Å². The van der Waals surface area contributed by atoms with Crippen molar-refractivity contribution in [2.75, 3.05) is 24.6 Å². The SMILES string of the molecule is CCOC(=O)Oc1sc(N2CC[C@@H](NC(=O)c3[nH]c(C)c(Cl)c3Cl)[C@@H](F)C2)nc1-c1ncccn1. The number of carbonyl (C=O) groups excluding carboxylic acids is 2. The number of aryl methyl sites for hydroxylation is 1. The number of piperidine rings is 1. The predicted molar refractivity (Wildman–Crippen MR) is 129 cm³/mol. The van der Waals surface area contributed by atoms with E-state index in [4.69, 9.17) is 32.7 Å². The Balaban J connectivity index is 1.48. The number of aromatic amines is 1. The maximum absolute atomic E-state index is 15.1. The number of thiazole rings is 1. The van der Waals surface area contributed by atoms with Crippen molar-refractivity contribution in [3.8, 4) is 16.6 Å². The topological polar surface area (TPSA) is 122 Å². The van der Waals surface area contributed by atoms with E-state index in [0.717, 1.165) is 11.3 Å². The number of halogens is 3. The number of carbonyl (C=O) groups is 2. The fraction of sp³-hybridized carbons (Fsp3) is 0.381.